The monoisotopic (exact) mass is 331 g/mol. The molecule has 0 bridgehead atoms. The molecule has 3 N–H and O–H groups in total. The molecule has 0 radical (unpaired) electrons. The lowest BCUT2D eigenvalue weighted by atomic mass is 10.0. The fourth-order valence-corrected chi connectivity index (χ4v) is 2.82. The van der Waals surface area contributed by atoms with Crippen LogP contribution >= 0.6 is 0 Å². The Morgan fingerprint density at radius 2 is 2.17 bits per heavy atom. The number of nitrogens with one attached hydrogen (secondary N) is 2. The molecule has 0 saturated carbocycles. The summed E-state index contributed by atoms with van der Waals surface area (Å²) in [6, 6.07) is 4.97. The van der Waals surface area contributed by atoms with Gasteiger partial charge in [0.25, 0.3) is 5.91 Å². The van der Waals surface area contributed by atoms with Gasteiger partial charge in [-0.1, -0.05) is 6.58 Å². The molecule has 1 aromatic carbocycles. The van der Waals surface area contributed by atoms with Gasteiger partial charge < -0.3 is 15.7 Å². The van der Waals surface area contributed by atoms with Crippen LogP contribution in [0, 0.1) is 0 Å². The Bertz CT molecular complexity index is 628. The molecule has 24 heavy (non-hydrogen) atoms. The summed E-state index contributed by atoms with van der Waals surface area (Å²) in [7, 11) is 0. The van der Waals surface area contributed by atoms with Crippen molar-refractivity contribution in [3.63, 3.8) is 0 Å². The first-order chi connectivity index (χ1) is 11.4. The maximum Gasteiger partial charge on any atom is 0.251 e. The van der Waals surface area contributed by atoms with Crippen molar-refractivity contribution in [1.29, 1.82) is 0 Å². The van der Waals surface area contributed by atoms with E-state index in [1.807, 2.05) is 0 Å². The maximum absolute atomic E-state index is 12.5. The van der Waals surface area contributed by atoms with Gasteiger partial charge in [-0.2, -0.15) is 0 Å². The standard InChI is InChI=1S/C18H25N3O3/c1-4-17(23)20-15-10-13(7-8-16(15)22)18(24)19-14-6-5-9-21(11-14)12(2)3/h4,7-8,10,12,14,22H,1,5-6,9,11H2,2-3H3,(H,19,24)(H,20,23). The predicted octanol–water partition coefficient (Wildman–Crippen LogP) is 2.12. The number of rotatable bonds is 5. The molecule has 0 spiro atoms. The molecule has 6 nitrogen and oxygen atoms in total. The summed E-state index contributed by atoms with van der Waals surface area (Å²) in [4.78, 5) is 26.2. The SMILES string of the molecule is C=CC(=O)Nc1cc(C(=O)NC2CCCN(C(C)C)C2)ccc1O. The van der Waals surface area contributed by atoms with E-state index in [1.54, 1.807) is 0 Å². The van der Waals surface area contributed by atoms with E-state index >= 15 is 0 Å². The zero-order valence-corrected chi connectivity index (χ0v) is 14.2. The number of hydrogen-bond donors (Lipinski definition) is 3. The van der Waals surface area contributed by atoms with Gasteiger partial charge in [0.15, 0.2) is 0 Å². The third-order valence-corrected chi connectivity index (χ3v) is 4.22. The third kappa shape index (κ3) is 4.58. The summed E-state index contributed by atoms with van der Waals surface area (Å²) in [5, 5.41) is 15.3. The van der Waals surface area contributed by atoms with Crippen LogP contribution in [0.4, 0.5) is 5.69 Å². The summed E-state index contributed by atoms with van der Waals surface area (Å²) < 4.78 is 0. The highest BCUT2D eigenvalue weighted by Gasteiger charge is 2.23. The van der Waals surface area contributed by atoms with Crippen LogP contribution in [0.2, 0.25) is 0 Å². The molecule has 1 aliphatic heterocycles. The van der Waals surface area contributed by atoms with Crippen molar-refractivity contribution < 1.29 is 14.7 Å². The minimum Gasteiger partial charge on any atom is -0.506 e. The Hall–Kier alpha value is -2.34. The molecular formula is C18H25N3O3. The quantitative estimate of drug-likeness (QED) is 0.570. The van der Waals surface area contributed by atoms with Gasteiger partial charge in [0.1, 0.15) is 5.75 Å². The fourth-order valence-electron chi connectivity index (χ4n) is 2.82. The molecule has 1 aliphatic rings. The summed E-state index contributed by atoms with van der Waals surface area (Å²) in [6.07, 6.45) is 3.11. The number of aromatic hydroxyl groups is 1. The van der Waals surface area contributed by atoms with Gasteiger partial charge in [0.05, 0.1) is 5.69 Å². The lowest BCUT2D eigenvalue weighted by Gasteiger charge is -2.35. The molecule has 0 aliphatic carbocycles. The zero-order valence-electron chi connectivity index (χ0n) is 14.2. The lowest BCUT2D eigenvalue weighted by molar-refractivity contribution is -0.111. The van der Waals surface area contributed by atoms with Gasteiger partial charge in [-0.05, 0) is 57.5 Å². The number of piperidine rings is 1. The smallest absolute Gasteiger partial charge is 0.251 e. The van der Waals surface area contributed by atoms with E-state index < -0.39 is 5.91 Å². The Kier molecular flexibility index (Phi) is 5.98. The highest BCUT2D eigenvalue weighted by molar-refractivity contribution is 6.02. The second-order valence-electron chi connectivity index (χ2n) is 6.33. The van der Waals surface area contributed by atoms with Gasteiger partial charge in [-0.25, -0.2) is 0 Å². The molecule has 130 valence electrons. The number of anilines is 1. The molecule has 1 fully saturated rings. The van der Waals surface area contributed by atoms with E-state index in [4.69, 9.17) is 0 Å². The summed E-state index contributed by atoms with van der Waals surface area (Å²) in [5.41, 5.74) is 0.592. The molecule has 1 heterocycles. The van der Waals surface area contributed by atoms with Crippen LogP contribution in [0.1, 0.15) is 37.0 Å². The van der Waals surface area contributed by atoms with Crippen LogP contribution in [-0.4, -0.2) is 47.0 Å². The van der Waals surface area contributed by atoms with Crippen molar-refractivity contribution >= 4 is 17.5 Å². The lowest BCUT2D eigenvalue weighted by Crippen LogP contribution is -2.49. The van der Waals surface area contributed by atoms with Crippen LogP contribution in [0.3, 0.4) is 0 Å². The number of phenols is 1. The fraction of sp³-hybridized carbons (Fsp3) is 0.444. The van der Waals surface area contributed by atoms with Crippen molar-refractivity contribution in [2.75, 3.05) is 18.4 Å². The Balaban J connectivity index is 2.05. The van der Waals surface area contributed by atoms with Crippen LogP contribution in [0.25, 0.3) is 0 Å². The summed E-state index contributed by atoms with van der Waals surface area (Å²) in [6.45, 7) is 9.56. The van der Waals surface area contributed by atoms with Crippen LogP contribution < -0.4 is 10.6 Å². The average Bonchev–Trinajstić information content (AvgIpc) is 2.56. The van der Waals surface area contributed by atoms with E-state index in [0.29, 0.717) is 11.6 Å². The van der Waals surface area contributed by atoms with Gasteiger partial charge in [0.2, 0.25) is 5.91 Å². The average molecular weight is 331 g/mol. The summed E-state index contributed by atoms with van der Waals surface area (Å²) in [5.74, 6) is -0.743. The van der Waals surface area contributed by atoms with Crippen molar-refractivity contribution in [1.82, 2.24) is 10.2 Å². The van der Waals surface area contributed by atoms with Crippen molar-refractivity contribution in [3.8, 4) is 5.75 Å². The number of nitrogens with zero attached hydrogens (tertiary/aromatic N) is 1. The second-order valence-corrected chi connectivity index (χ2v) is 6.33. The van der Waals surface area contributed by atoms with Gasteiger partial charge >= 0.3 is 0 Å². The molecule has 2 amide bonds. The molecule has 0 aromatic heterocycles. The minimum atomic E-state index is -0.442. The van der Waals surface area contributed by atoms with E-state index in [0.717, 1.165) is 32.0 Å². The van der Waals surface area contributed by atoms with Gasteiger partial charge in [-0.3, -0.25) is 14.5 Å². The molecule has 1 saturated heterocycles. The topological polar surface area (TPSA) is 81.7 Å². The minimum absolute atomic E-state index is 0.0922. The van der Waals surface area contributed by atoms with Gasteiger partial charge in [-0.15, -0.1) is 0 Å². The largest absolute Gasteiger partial charge is 0.506 e. The number of phenolic OH excluding ortho intramolecular Hbond substituents is 1. The molecule has 1 atom stereocenters. The molecule has 6 heteroatoms. The number of amides is 2. The zero-order chi connectivity index (χ0) is 17.7. The first kappa shape index (κ1) is 18.0. The first-order valence-corrected chi connectivity index (χ1v) is 8.22. The van der Waals surface area contributed by atoms with Gasteiger partial charge in [0, 0.05) is 24.2 Å². The van der Waals surface area contributed by atoms with Crippen LogP contribution in [0.15, 0.2) is 30.9 Å². The molecule has 2 rings (SSSR count). The number of benzene rings is 1. The molecule has 1 unspecified atom stereocenters. The van der Waals surface area contributed by atoms with Crippen molar-refractivity contribution in [2.45, 2.75) is 38.8 Å². The predicted molar refractivity (Wildman–Crippen MR) is 94.1 cm³/mol. The number of hydrogen-bond acceptors (Lipinski definition) is 4. The first-order valence-electron chi connectivity index (χ1n) is 8.22. The second kappa shape index (κ2) is 7.97. The van der Waals surface area contributed by atoms with E-state index in [2.05, 4.69) is 36.0 Å². The number of carbonyl (C=O) groups excluding carboxylic acids is 2. The Morgan fingerprint density at radius 1 is 1.42 bits per heavy atom. The highest BCUT2D eigenvalue weighted by atomic mass is 16.3. The third-order valence-electron chi connectivity index (χ3n) is 4.22. The van der Waals surface area contributed by atoms with Crippen LogP contribution in [-0.2, 0) is 4.79 Å². The number of likely N-dealkylation sites (tertiary alicyclic amines) is 1. The van der Waals surface area contributed by atoms with E-state index in [-0.39, 0.29) is 23.4 Å². The molecular weight excluding hydrogens is 306 g/mol. The normalized spacial score (nSPS) is 18.2. The Morgan fingerprint density at radius 3 is 2.83 bits per heavy atom. The maximum atomic E-state index is 12.5. The number of carbonyl (C=O) groups is 2. The van der Waals surface area contributed by atoms with Crippen molar-refractivity contribution in [3.05, 3.63) is 36.4 Å². The van der Waals surface area contributed by atoms with E-state index in [9.17, 15) is 14.7 Å². The van der Waals surface area contributed by atoms with Crippen LogP contribution in [0.5, 0.6) is 5.75 Å². The summed E-state index contributed by atoms with van der Waals surface area (Å²) >= 11 is 0. The Labute approximate surface area is 142 Å². The highest BCUT2D eigenvalue weighted by Crippen LogP contribution is 2.24. The van der Waals surface area contributed by atoms with E-state index in [1.165, 1.54) is 18.2 Å². The van der Waals surface area contributed by atoms with Crippen molar-refractivity contribution in [2.24, 2.45) is 0 Å². The molecule has 1 aromatic rings.